The van der Waals surface area contributed by atoms with Gasteiger partial charge in [-0.15, -0.1) is 0 Å². The number of aromatic nitrogens is 3. The Morgan fingerprint density at radius 3 is 2.85 bits per heavy atom. The Balaban J connectivity index is 1.40. The molecule has 1 aliphatic carbocycles. The van der Waals surface area contributed by atoms with Crippen molar-refractivity contribution in [1.82, 2.24) is 20.1 Å². The lowest BCUT2D eigenvalue weighted by molar-refractivity contribution is 0.0924. The van der Waals surface area contributed by atoms with Crippen molar-refractivity contribution in [3.8, 4) is 6.07 Å². The minimum atomic E-state index is -0.0530. The first kappa shape index (κ1) is 17.5. The normalized spacial score (nSPS) is 17.3. The average molecular weight is 364 g/mol. The zero-order chi connectivity index (χ0) is 18.8. The number of rotatable bonds is 3. The summed E-state index contributed by atoms with van der Waals surface area (Å²) in [5.41, 5.74) is 3.54. The maximum absolute atomic E-state index is 12.8. The minimum absolute atomic E-state index is 0.0530. The summed E-state index contributed by atoms with van der Waals surface area (Å²) in [5, 5.41) is 16.9. The van der Waals surface area contributed by atoms with Gasteiger partial charge >= 0.3 is 0 Å². The molecule has 2 aliphatic rings. The summed E-state index contributed by atoms with van der Waals surface area (Å²) >= 11 is 0. The van der Waals surface area contributed by atoms with E-state index in [2.05, 4.69) is 26.4 Å². The van der Waals surface area contributed by atoms with E-state index in [0.717, 1.165) is 56.6 Å². The van der Waals surface area contributed by atoms with Crippen molar-refractivity contribution in [2.45, 2.75) is 44.6 Å². The first-order valence-electron chi connectivity index (χ1n) is 9.63. The van der Waals surface area contributed by atoms with Gasteiger partial charge in [-0.1, -0.05) is 0 Å². The molecule has 1 aliphatic heterocycles. The van der Waals surface area contributed by atoms with Crippen molar-refractivity contribution in [3.05, 3.63) is 40.8 Å². The van der Waals surface area contributed by atoms with Crippen LogP contribution in [0.5, 0.6) is 0 Å². The standard InChI is InChI=1S/C20H24N6O/c1-25-17-7-3-2-6-16(17)18(24-25)20(27)23-15-8-11-26(12-9-15)19-14(13-21)5-4-10-22-19/h4-5,10,15H,2-3,6-9,11-12H2,1H3,(H,23,27). The Morgan fingerprint density at radius 1 is 1.30 bits per heavy atom. The van der Waals surface area contributed by atoms with Crippen LogP contribution in [0.2, 0.25) is 0 Å². The first-order valence-corrected chi connectivity index (χ1v) is 9.63. The van der Waals surface area contributed by atoms with E-state index in [1.807, 2.05) is 11.7 Å². The van der Waals surface area contributed by atoms with Crippen LogP contribution in [0, 0.1) is 11.3 Å². The molecule has 2 aromatic heterocycles. The summed E-state index contributed by atoms with van der Waals surface area (Å²) in [6, 6.07) is 5.91. The molecule has 0 radical (unpaired) electrons. The van der Waals surface area contributed by atoms with E-state index in [1.54, 1.807) is 18.3 Å². The lowest BCUT2D eigenvalue weighted by Gasteiger charge is -2.33. The van der Waals surface area contributed by atoms with Crippen molar-refractivity contribution in [1.29, 1.82) is 5.26 Å². The maximum atomic E-state index is 12.8. The molecule has 7 heteroatoms. The third kappa shape index (κ3) is 3.39. The maximum Gasteiger partial charge on any atom is 0.272 e. The molecule has 0 unspecified atom stereocenters. The van der Waals surface area contributed by atoms with Crippen molar-refractivity contribution >= 4 is 11.7 Å². The molecule has 0 aromatic carbocycles. The highest BCUT2D eigenvalue weighted by molar-refractivity contribution is 5.94. The number of anilines is 1. The molecule has 0 bridgehead atoms. The molecule has 1 amide bonds. The molecule has 2 aromatic rings. The van der Waals surface area contributed by atoms with Crippen LogP contribution < -0.4 is 10.2 Å². The highest BCUT2D eigenvalue weighted by Crippen LogP contribution is 2.25. The van der Waals surface area contributed by atoms with E-state index in [-0.39, 0.29) is 11.9 Å². The van der Waals surface area contributed by atoms with Crippen LogP contribution in [0.4, 0.5) is 5.82 Å². The summed E-state index contributed by atoms with van der Waals surface area (Å²) in [6.45, 7) is 1.55. The second-order valence-corrected chi connectivity index (χ2v) is 7.33. The summed E-state index contributed by atoms with van der Waals surface area (Å²) < 4.78 is 1.87. The Hall–Kier alpha value is -2.88. The molecule has 4 rings (SSSR count). The lowest BCUT2D eigenvalue weighted by atomic mass is 9.95. The fraction of sp³-hybridized carbons (Fsp3) is 0.500. The summed E-state index contributed by atoms with van der Waals surface area (Å²) in [7, 11) is 1.93. The smallest absolute Gasteiger partial charge is 0.272 e. The van der Waals surface area contributed by atoms with Gasteiger partial charge < -0.3 is 10.2 Å². The van der Waals surface area contributed by atoms with E-state index in [0.29, 0.717) is 11.3 Å². The molecular formula is C20H24N6O. The molecule has 0 saturated carbocycles. The van der Waals surface area contributed by atoms with Crippen LogP contribution in [0.1, 0.15) is 53.0 Å². The molecule has 27 heavy (non-hydrogen) atoms. The van der Waals surface area contributed by atoms with E-state index in [4.69, 9.17) is 0 Å². The third-order valence-corrected chi connectivity index (χ3v) is 5.62. The molecule has 1 N–H and O–H groups in total. The zero-order valence-electron chi connectivity index (χ0n) is 15.6. The van der Waals surface area contributed by atoms with Gasteiger partial charge in [-0.25, -0.2) is 4.98 Å². The van der Waals surface area contributed by atoms with Gasteiger partial charge in [-0.3, -0.25) is 9.48 Å². The van der Waals surface area contributed by atoms with Gasteiger partial charge in [0.05, 0.1) is 5.56 Å². The number of amides is 1. The van der Waals surface area contributed by atoms with Crippen molar-refractivity contribution < 1.29 is 4.79 Å². The van der Waals surface area contributed by atoms with Gasteiger partial charge in [0.15, 0.2) is 5.69 Å². The van der Waals surface area contributed by atoms with E-state index in [9.17, 15) is 10.1 Å². The van der Waals surface area contributed by atoms with Gasteiger partial charge in [0.25, 0.3) is 5.91 Å². The second-order valence-electron chi connectivity index (χ2n) is 7.33. The molecule has 0 atom stereocenters. The molecular weight excluding hydrogens is 340 g/mol. The first-order chi connectivity index (χ1) is 13.2. The van der Waals surface area contributed by atoms with Crippen LogP contribution >= 0.6 is 0 Å². The number of nitrogens with zero attached hydrogens (tertiary/aromatic N) is 5. The zero-order valence-corrected chi connectivity index (χ0v) is 15.6. The van der Waals surface area contributed by atoms with E-state index < -0.39 is 0 Å². The number of hydrogen-bond donors (Lipinski definition) is 1. The number of aryl methyl sites for hydroxylation is 1. The molecule has 0 spiro atoms. The van der Waals surface area contributed by atoms with Crippen LogP contribution in [0.25, 0.3) is 0 Å². The van der Waals surface area contributed by atoms with Crippen molar-refractivity contribution in [3.63, 3.8) is 0 Å². The summed E-state index contributed by atoms with van der Waals surface area (Å²) in [6.07, 6.45) is 7.64. The van der Waals surface area contributed by atoms with Crippen LogP contribution in [0.15, 0.2) is 18.3 Å². The highest BCUT2D eigenvalue weighted by atomic mass is 16.2. The van der Waals surface area contributed by atoms with E-state index in [1.165, 1.54) is 12.1 Å². The van der Waals surface area contributed by atoms with Crippen LogP contribution in [0.3, 0.4) is 0 Å². The summed E-state index contributed by atoms with van der Waals surface area (Å²) in [5.74, 6) is 0.686. The molecule has 3 heterocycles. The average Bonchev–Trinajstić information content (AvgIpc) is 3.06. The molecule has 7 nitrogen and oxygen atoms in total. The number of hydrogen-bond acceptors (Lipinski definition) is 5. The molecule has 140 valence electrons. The minimum Gasteiger partial charge on any atom is -0.355 e. The quantitative estimate of drug-likeness (QED) is 0.900. The third-order valence-electron chi connectivity index (χ3n) is 5.62. The number of carbonyl (C=O) groups is 1. The van der Waals surface area contributed by atoms with Crippen molar-refractivity contribution in [2.75, 3.05) is 18.0 Å². The largest absolute Gasteiger partial charge is 0.355 e. The fourth-order valence-corrected chi connectivity index (χ4v) is 4.18. The Labute approximate surface area is 159 Å². The Bertz CT molecular complexity index is 888. The number of carbonyl (C=O) groups excluding carboxylic acids is 1. The Morgan fingerprint density at radius 2 is 2.07 bits per heavy atom. The monoisotopic (exact) mass is 364 g/mol. The molecule has 1 fully saturated rings. The number of pyridine rings is 1. The SMILES string of the molecule is Cn1nc(C(=O)NC2CCN(c3ncccc3C#N)CC2)c2c1CCCC2. The van der Waals surface area contributed by atoms with E-state index >= 15 is 0 Å². The van der Waals surface area contributed by atoms with Crippen LogP contribution in [-0.2, 0) is 19.9 Å². The molecule has 1 saturated heterocycles. The number of piperidine rings is 1. The fourth-order valence-electron chi connectivity index (χ4n) is 4.18. The highest BCUT2D eigenvalue weighted by Gasteiger charge is 2.27. The van der Waals surface area contributed by atoms with Gasteiger partial charge in [0.1, 0.15) is 11.9 Å². The number of nitriles is 1. The number of fused-ring (bicyclic) bond motifs is 1. The predicted octanol–water partition coefficient (Wildman–Crippen LogP) is 1.96. The Kier molecular flexibility index (Phi) is 4.80. The van der Waals surface area contributed by atoms with Gasteiger partial charge in [-0.05, 0) is 50.7 Å². The summed E-state index contributed by atoms with van der Waals surface area (Å²) in [4.78, 5) is 19.3. The topological polar surface area (TPSA) is 86.8 Å². The lowest BCUT2D eigenvalue weighted by Crippen LogP contribution is -2.45. The predicted molar refractivity (Wildman–Crippen MR) is 102 cm³/mol. The van der Waals surface area contributed by atoms with Gasteiger partial charge in [0.2, 0.25) is 0 Å². The number of nitrogens with one attached hydrogen (secondary N) is 1. The second kappa shape index (κ2) is 7.39. The van der Waals surface area contributed by atoms with Crippen LogP contribution in [-0.4, -0.2) is 39.8 Å². The van der Waals surface area contributed by atoms with Gasteiger partial charge in [0, 0.05) is 43.6 Å². The van der Waals surface area contributed by atoms with Gasteiger partial charge in [-0.2, -0.15) is 10.4 Å². The van der Waals surface area contributed by atoms with Crippen molar-refractivity contribution in [2.24, 2.45) is 7.05 Å².